The zero-order valence-corrected chi connectivity index (χ0v) is 19.0. The van der Waals surface area contributed by atoms with E-state index in [4.69, 9.17) is 31.3 Å². The standard InChI is InChI=1S/C20H24N5O5PS/c1-2-13(14-6-4-3-5-7-14)9-28-31(27,32)29-10-16-15(26)8-17(30-16)25-12-24-18-19(21)22-11-23-20(18)25/h2-7,11-12,15-17,26H,8-10H2,1H3,(H,27,32)(H2,21,22,23)/p-1/b13-2-/t15-,16+,17+,31?/m0/s1. The van der Waals surface area contributed by atoms with Gasteiger partial charge in [-0.3, -0.25) is 4.57 Å². The normalized spacial score (nSPS) is 23.5. The zero-order chi connectivity index (χ0) is 22.7. The van der Waals surface area contributed by atoms with Gasteiger partial charge >= 0.3 is 0 Å². The van der Waals surface area contributed by atoms with Crippen molar-refractivity contribution in [3.8, 4) is 0 Å². The molecule has 0 aliphatic carbocycles. The molecule has 4 rings (SSSR count). The summed E-state index contributed by atoms with van der Waals surface area (Å²) >= 11 is 5.02. The SMILES string of the molecule is C/C=C(/COP([O-])(=S)OC[C@H]1O[C@@H](n2cnc3c(N)ncnc32)C[C@@H]1O)c1ccccc1. The number of aliphatic hydroxyl groups excluding tert-OH is 1. The largest absolute Gasteiger partial charge is 0.780 e. The molecule has 0 bridgehead atoms. The zero-order valence-electron chi connectivity index (χ0n) is 17.3. The number of fused-ring (bicyclic) bond motifs is 1. The molecule has 170 valence electrons. The van der Waals surface area contributed by atoms with Crippen LogP contribution in [-0.4, -0.2) is 50.0 Å². The number of nitrogens with zero attached hydrogens (tertiary/aromatic N) is 4. The van der Waals surface area contributed by atoms with Crippen LogP contribution in [0.3, 0.4) is 0 Å². The van der Waals surface area contributed by atoms with E-state index in [0.29, 0.717) is 11.2 Å². The first-order valence-electron chi connectivity index (χ1n) is 9.95. The van der Waals surface area contributed by atoms with Gasteiger partial charge in [-0.15, -0.1) is 0 Å². The van der Waals surface area contributed by atoms with Crippen LogP contribution in [-0.2, 0) is 25.6 Å². The number of hydrogen-bond acceptors (Lipinski definition) is 10. The number of nitrogens with two attached hydrogens (primary N) is 1. The van der Waals surface area contributed by atoms with Gasteiger partial charge in [0.05, 0.1) is 25.6 Å². The number of benzene rings is 1. The molecule has 3 heterocycles. The molecular weight excluding hydrogens is 453 g/mol. The predicted octanol–water partition coefficient (Wildman–Crippen LogP) is 1.78. The number of nitrogen functional groups attached to an aromatic ring is 1. The van der Waals surface area contributed by atoms with Gasteiger partial charge in [-0.1, -0.05) is 48.2 Å². The second kappa shape index (κ2) is 9.72. The summed E-state index contributed by atoms with van der Waals surface area (Å²) in [5.74, 6) is 0.257. The van der Waals surface area contributed by atoms with Crippen molar-refractivity contribution in [1.29, 1.82) is 0 Å². The van der Waals surface area contributed by atoms with Crippen LogP contribution in [0.15, 0.2) is 49.1 Å². The highest BCUT2D eigenvalue weighted by atomic mass is 32.5. The molecule has 1 aliphatic heterocycles. The highest BCUT2D eigenvalue weighted by Gasteiger charge is 2.36. The fourth-order valence-electron chi connectivity index (χ4n) is 3.45. The van der Waals surface area contributed by atoms with Crippen molar-refractivity contribution in [2.45, 2.75) is 31.8 Å². The Morgan fingerprint density at radius 2 is 2.12 bits per heavy atom. The molecule has 1 aliphatic rings. The summed E-state index contributed by atoms with van der Waals surface area (Å²) in [5, 5.41) is 10.4. The van der Waals surface area contributed by atoms with Gasteiger partial charge in [0, 0.05) is 6.42 Å². The molecule has 1 aromatic carbocycles. The Labute approximate surface area is 189 Å². The van der Waals surface area contributed by atoms with Crippen LogP contribution in [0.1, 0.15) is 25.1 Å². The first-order chi connectivity index (χ1) is 15.4. The molecule has 0 radical (unpaired) electrons. The lowest BCUT2D eigenvalue weighted by Crippen LogP contribution is -2.27. The Hall–Kier alpha value is -2.24. The highest BCUT2D eigenvalue weighted by Crippen LogP contribution is 2.41. The van der Waals surface area contributed by atoms with Gasteiger partial charge in [0.1, 0.15) is 30.9 Å². The van der Waals surface area contributed by atoms with Gasteiger partial charge in [0.2, 0.25) is 0 Å². The number of ether oxygens (including phenoxy) is 1. The third kappa shape index (κ3) is 5.05. The molecule has 0 spiro atoms. The third-order valence-corrected chi connectivity index (χ3v) is 6.71. The fraction of sp³-hybridized carbons (Fsp3) is 0.350. The molecule has 1 saturated heterocycles. The molecule has 1 fully saturated rings. The van der Waals surface area contributed by atoms with Crippen LogP contribution in [0.4, 0.5) is 5.82 Å². The molecule has 1 unspecified atom stereocenters. The van der Waals surface area contributed by atoms with E-state index >= 15 is 0 Å². The molecule has 0 amide bonds. The second-order valence-corrected chi connectivity index (χ2v) is 9.96. The van der Waals surface area contributed by atoms with Gasteiger partial charge < -0.3 is 29.5 Å². The third-order valence-electron chi connectivity index (χ3n) is 5.17. The first kappa shape index (κ1) is 22.9. The monoisotopic (exact) mass is 476 g/mol. The summed E-state index contributed by atoms with van der Waals surface area (Å²) in [7, 11) is 0. The Morgan fingerprint density at radius 1 is 1.34 bits per heavy atom. The number of hydrogen-bond donors (Lipinski definition) is 2. The molecule has 4 atom stereocenters. The van der Waals surface area contributed by atoms with Crippen LogP contribution in [0.2, 0.25) is 0 Å². The van der Waals surface area contributed by atoms with Crippen LogP contribution in [0, 0.1) is 0 Å². The smallest absolute Gasteiger partial charge is 0.167 e. The maximum atomic E-state index is 12.6. The Bertz CT molecular complexity index is 1160. The van der Waals surface area contributed by atoms with E-state index in [1.165, 1.54) is 12.7 Å². The van der Waals surface area contributed by atoms with E-state index < -0.39 is 25.2 Å². The van der Waals surface area contributed by atoms with E-state index in [-0.39, 0.29) is 25.5 Å². The molecule has 10 nitrogen and oxygen atoms in total. The van der Waals surface area contributed by atoms with E-state index in [2.05, 4.69) is 15.0 Å². The van der Waals surface area contributed by atoms with E-state index in [1.807, 2.05) is 43.3 Å². The van der Waals surface area contributed by atoms with Crippen molar-refractivity contribution in [2.75, 3.05) is 18.9 Å². The van der Waals surface area contributed by atoms with Gasteiger partial charge in [-0.25, -0.2) is 15.0 Å². The van der Waals surface area contributed by atoms with Gasteiger partial charge in [0.25, 0.3) is 0 Å². The van der Waals surface area contributed by atoms with E-state index in [0.717, 1.165) is 11.1 Å². The molecule has 0 saturated carbocycles. The summed E-state index contributed by atoms with van der Waals surface area (Å²) < 4.78 is 18.3. The molecular formula is C20H23N5O5PS-. The first-order valence-corrected chi connectivity index (χ1v) is 12.5. The molecule has 3 aromatic rings. The van der Waals surface area contributed by atoms with Crippen molar-refractivity contribution < 1.29 is 23.8 Å². The number of allylic oxidation sites excluding steroid dienone is 1. The number of aromatic nitrogens is 4. The summed E-state index contributed by atoms with van der Waals surface area (Å²) in [6.45, 7) is -2.07. The molecule has 12 heteroatoms. The minimum atomic E-state index is -3.79. The number of imidazole rings is 1. The summed E-state index contributed by atoms with van der Waals surface area (Å²) in [4.78, 5) is 24.9. The lowest BCUT2D eigenvalue weighted by atomic mass is 10.1. The van der Waals surface area contributed by atoms with Gasteiger partial charge in [0.15, 0.2) is 11.5 Å². The van der Waals surface area contributed by atoms with Crippen LogP contribution >= 0.6 is 6.72 Å². The quantitative estimate of drug-likeness (QED) is 0.462. The average Bonchev–Trinajstić information content (AvgIpc) is 3.38. The van der Waals surface area contributed by atoms with Crippen molar-refractivity contribution in [2.24, 2.45) is 0 Å². The minimum absolute atomic E-state index is 0.0418. The van der Waals surface area contributed by atoms with Gasteiger partial charge in [-0.05, 0) is 18.1 Å². The van der Waals surface area contributed by atoms with Crippen LogP contribution in [0.25, 0.3) is 16.7 Å². The minimum Gasteiger partial charge on any atom is -0.780 e. The summed E-state index contributed by atoms with van der Waals surface area (Å²) in [6.07, 6.45) is 2.85. The van der Waals surface area contributed by atoms with Gasteiger partial charge in [-0.2, -0.15) is 0 Å². The molecule has 3 N–H and O–H groups in total. The van der Waals surface area contributed by atoms with Crippen LogP contribution < -0.4 is 10.6 Å². The van der Waals surface area contributed by atoms with Crippen LogP contribution in [0.5, 0.6) is 0 Å². The van der Waals surface area contributed by atoms with Crippen molar-refractivity contribution in [1.82, 2.24) is 19.5 Å². The lowest BCUT2D eigenvalue weighted by molar-refractivity contribution is -0.208. The summed E-state index contributed by atoms with van der Waals surface area (Å²) in [5.41, 5.74) is 8.54. The Morgan fingerprint density at radius 3 is 2.88 bits per heavy atom. The maximum Gasteiger partial charge on any atom is 0.167 e. The van der Waals surface area contributed by atoms with E-state index in [9.17, 15) is 10.00 Å². The summed E-state index contributed by atoms with van der Waals surface area (Å²) in [6, 6.07) is 9.57. The van der Waals surface area contributed by atoms with Crippen molar-refractivity contribution in [3.05, 3.63) is 54.6 Å². The molecule has 32 heavy (non-hydrogen) atoms. The van der Waals surface area contributed by atoms with Crippen molar-refractivity contribution >= 4 is 41.1 Å². The fourth-order valence-corrected chi connectivity index (χ4v) is 4.49. The topological polar surface area (TPSA) is 141 Å². The van der Waals surface area contributed by atoms with E-state index in [1.54, 1.807) is 4.57 Å². The second-order valence-electron chi connectivity index (χ2n) is 7.21. The predicted molar refractivity (Wildman–Crippen MR) is 121 cm³/mol. The maximum absolute atomic E-state index is 12.6. The average molecular weight is 476 g/mol. The lowest BCUT2D eigenvalue weighted by Gasteiger charge is -2.29. The number of aliphatic hydroxyl groups is 1. The number of rotatable bonds is 8. The van der Waals surface area contributed by atoms with Crippen molar-refractivity contribution in [3.63, 3.8) is 0 Å². The Kier molecular flexibility index (Phi) is 6.96. The number of anilines is 1. The molecule has 2 aromatic heterocycles. The Balaban J connectivity index is 1.35. The highest BCUT2D eigenvalue weighted by molar-refractivity contribution is 8.06.